The lowest BCUT2D eigenvalue weighted by molar-refractivity contribution is 0.0978. The number of aryl methyl sites for hydroxylation is 2. The summed E-state index contributed by atoms with van der Waals surface area (Å²) in [6.07, 6.45) is 0.693. The Morgan fingerprint density at radius 2 is 1.74 bits per heavy atom. The molecule has 0 aliphatic carbocycles. The van der Waals surface area contributed by atoms with Crippen molar-refractivity contribution in [2.45, 2.75) is 19.8 Å². The van der Waals surface area contributed by atoms with E-state index in [2.05, 4.69) is 0 Å². The van der Waals surface area contributed by atoms with E-state index in [0.29, 0.717) is 6.42 Å². The van der Waals surface area contributed by atoms with Crippen LogP contribution in [0.25, 0.3) is 0 Å². The van der Waals surface area contributed by atoms with E-state index < -0.39 is 11.6 Å². The first kappa shape index (κ1) is 13.4. The summed E-state index contributed by atoms with van der Waals surface area (Å²) < 4.78 is 26.4. The van der Waals surface area contributed by atoms with Crippen LogP contribution in [0.5, 0.6) is 0 Å². The molecule has 0 unspecified atom stereocenters. The molecule has 2 rings (SSSR count). The molecule has 0 heterocycles. The second-order valence-corrected chi connectivity index (χ2v) is 4.53. The molecule has 98 valence electrons. The van der Waals surface area contributed by atoms with Crippen molar-refractivity contribution in [2.24, 2.45) is 0 Å². The molecule has 0 aromatic heterocycles. The van der Waals surface area contributed by atoms with Gasteiger partial charge in [0.15, 0.2) is 5.78 Å². The Labute approximate surface area is 110 Å². The Morgan fingerprint density at radius 1 is 1.05 bits per heavy atom. The first-order valence-corrected chi connectivity index (χ1v) is 6.10. The molecule has 0 amide bonds. The predicted molar refractivity (Wildman–Crippen MR) is 70.2 cm³/mol. The van der Waals surface area contributed by atoms with Crippen molar-refractivity contribution < 1.29 is 13.6 Å². The fraction of sp³-hybridized carbons (Fsp3) is 0.188. The van der Waals surface area contributed by atoms with Crippen LogP contribution in [0.15, 0.2) is 42.5 Å². The molecule has 0 radical (unpaired) electrons. The highest BCUT2D eigenvalue weighted by atomic mass is 19.1. The fourth-order valence-corrected chi connectivity index (χ4v) is 1.86. The molecule has 19 heavy (non-hydrogen) atoms. The van der Waals surface area contributed by atoms with Gasteiger partial charge in [0.25, 0.3) is 0 Å². The average Bonchev–Trinajstić information content (AvgIpc) is 2.40. The van der Waals surface area contributed by atoms with Gasteiger partial charge in [0.2, 0.25) is 0 Å². The monoisotopic (exact) mass is 260 g/mol. The maximum absolute atomic E-state index is 13.4. The molecule has 0 aliphatic heterocycles. The van der Waals surface area contributed by atoms with Crippen molar-refractivity contribution in [1.82, 2.24) is 0 Å². The molecule has 0 N–H and O–H groups in total. The van der Waals surface area contributed by atoms with Crippen LogP contribution in [0.4, 0.5) is 8.78 Å². The summed E-state index contributed by atoms with van der Waals surface area (Å²) in [7, 11) is 0. The number of halogens is 2. The number of carbonyl (C=O) groups excluding carboxylic acids is 1. The number of hydrogen-bond acceptors (Lipinski definition) is 1. The Kier molecular flexibility index (Phi) is 4.05. The largest absolute Gasteiger partial charge is 0.294 e. The third-order valence-corrected chi connectivity index (χ3v) is 2.99. The average molecular weight is 260 g/mol. The lowest BCUT2D eigenvalue weighted by atomic mass is 10.0. The lowest BCUT2D eigenvalue weighted by Crippen LogP contribution is -2.04. The zero-order valence-electron chi connectivity index (χ0n) is 10.6. The topological polar surface area (TPSA) is 17.1 Å². The van der Waals surface area contributed by atoms with Gasteiger partial charge in [0, 0.05) is 6.42 Å². The lowest BCUT2D eigenvalue weighted by Gasteiger charge is -2.04. The van der Waals surface area contributed by atoms with E-state index in [-0.39, 0.29) is 17.8 Å². The summed E-state index contributed by atoms with van der Waals surface area (Å²) in [5, 5.41) is 0. The van der Waals surface area contributed by atoms with Gasteiger partial charge in [-0.05, 0) is 37.1 Å². The Hall–Kier alpha value is -2.03. The van der Waals surface area contributed by atoms with Gasteiger partial charge in [0.1, 0.15) is 11.6 Å². The van der Waals surface area contributed by atoms with Crippen LogP contribution in [0.1, 0.15) is 27.9 Å². The maximum atomic E-state index is 13.4. The Bertz CT molecular complexity index is 588. The molecule has 0 saturated carbocycles. The van der Waals surface area contributed by atoms with Gasteiger partial charge < -0.3 is 0 Å². The van der Waals surface area contributed by atoms with Crippen molar-refractivity contribution in [3.63, 3.8) is 0 Å². The van der Waals surface area contributed by atoms with Gasteiger partial charge in [-0.1, -0.05) is 29.8 Å². The highest BCUT2D eigenvalue weighted by Crippen LogP contribution is 2.14. The third kappa shape index (κ3) is 3.47. The molecular formula is C16H14F2O. The first-order valence-electron chi connectivity index (χ1n) is 6.10. The zero-order valence-corrected chi connectivity index (χ0v) is 10.6. The van der Waals surface area contributed by atoms with Crippen molar-refractivity contribution in [3.05, 3.63) is 70.8 Å². The van der Waals surface area contributed by atoms with Crippen LogP contribution in [-0.4, -0.2) is 5.78 Å². The summed E-state index contributed by atoms with van der Waals surface area (Å²) in [5.74, 6) is -1.65. The molecule has 2 aromatic carbocycles. The standard InChI is InChI=1S/C16H14F2O/c1-11-2-4-12(5-3-11)6-9-16(19)14-10-13(17)7-8-15(14)18/h2-5,7-8,10H,6,9H2,1H3. The molecule has 0 atom stereocenters. The van der Waals surface area contributed by atoms with Gasteiger partial charge in [-0.15, -0.1) is 0 Å². The summed E-state index contributed by atoms with van der Waals surface area (Å²) in [6, 6.07) is 10.7. The second-order valence-electron chi connectivity index (χ2n) is 4.53. The predicted octanol–water partition coefficient (Wildman–Crippen LogP) is 4.09. The quantitative estimate of drug-likeness (QED) is 0.757. The molecule has 3 heteroatoms. The van der Waals surface area contributed by atoms with Crippen molar-refractivity contribution in [1.29, 1.82) is 0 Å². The summed E-state index contributed by atoms with van der Waals surface area (Å²) in [4.78, 5) is 11.9. The Balaban J connectivity index is 2.05. The van der Waals surface area contributed by atoms with Crippen LogP contribution in [0, 0.1) is 18.6 Å². The van der Waals surface area contributed by atoms with Crippen molar-refractivity contribution in [2.75, 3.05) is 0 Å². The van der Waals surface area contributed by atoms with Crippen LogP contribution in [0.2, 0.25) is 0 Å². The van der Waals surface area contributed by atoms with E-state index in [0.717, 1.165) is 29.3 Å². The maximum Gasteiger partial charge on any atom is 0.166 e. The minimum Gasteiger partial charge on any atom is -0.294 e. The third-order valence-electron chi connectivity index (χ3n) is 2.99. The summed E-state index contributed by atoms with van der Waals surface area (Å²) in [6.45, 7) is 1.98. The van der Waals surface area contributed by atoms with Gasteiger partial charge in [-0.2, -0.15) is 0 Å². The number of carbonyl (C=O) groups is 1. The molecule has 0 saturated heterocycles. The number of ketones is 1. The van der Waals surface area contributed by atoms with Gasteiger partial charge in [0.05, 0.1) is 5.56 Å². The molecule has 2 aromatic rings. The highest BCUT2D eigenvalue weighted by molar-refractivity contribution is 5.96. The van der Waals surface area contributed by atoms with Crippen LogP contribution in [-0.2, 0) is 6.42 Å². The minimum atomic E-state index is -0.671. The molecule has 0 bridgehead atoms. The zero-order chi connectivity index (χ0) is 13.8. The van der Waals surface area contributed by atoms with Crippen LogP contribution in [0.3, 0.4) is 0 Å². The van der Waals surface area contributed by atoms with Crippen LogP contribution >= 0.6 is 0 Å². The fourth-order valence-electron chi connectivity index (χ4n) is 1.86. The van der Waals surface area contributed by atoms with E-state index in [1.807, 2.05) is 31.2 Å². The van der Waals surface area contributed by atoms with Gasteiger partial charge >= 0.3 is 0 Å². The van der Waals surface area contributed by atoms with Crippen molar-refractivity contribution in [3.8, 4) is 0 Å². The molecule has 0 spiro atoms. The minimum absolute atomic E-state index is 0.170. The van der Waals surface area contributed by atoms with Crippen LogP contribution < -0.4 is 0 Å². The first-order chi connectivity index (χ1) is 9.06. The molecule has 0 fully saturated rings. The van der Waals surface area contributed by atoms with Gasteiger partial charge in [-0.25, -0.2) is 8.78 Å². The molecular weight excluding hydrogens is 246 g/mol. The van der Waals surface area contributed by atoms with E-state index in [1.54, 1.807) is 0 Å². The number of hydrogen-bond donors (Lipinski definition) is 0. The molecule has 0 aliphatic rings. The van der Waals surface area contributed by atoms with Crippen molar-refractivity contribution >= 4 is 5.78 Å². The summed E-state index contributed by atoms with van der Waals surface area (Å²) >= 11 is 0. The van der Waals surface area contributed by atoms with E-state index in [4.69, 9.17) is 0 Å². The SMILES string of the molecule is Cc1ccc(CCC(=O)c2cc(F)ccc2F)cc1. The molecule has 1 nitrogen and oxygen atoms in total. The number of rotatable bonds is 4. The highest BCUT2D eigenvalue weighted by Gasteiger charge is 2.12. The number of benzene rings is 2. The summed E-state index contributed by atoms with van der Waals surface area (Å²) in [5.41, 5.74) is 1.98. The smallest absolute Gasteiger partial charge is 0.166 e. The Morgan fingerprint density at radius 3 is 2.42 bits per heavy atom. The van der Waals surface area contributed by atoms with Gasteiger partial charge in [-0.3, -0.25) is 4.79 Å². The van der Waals surface area contributed by atoms with E-state index >= 15 is 0 Å². The number of Topliss-reactive ketones (excluding diaryl/α,β-unsaturated/α-hetero) is 1. The van der Waals surface area contributed by atoms with E-state index in [1.165, 1.54) is 0 Å². The normalized spacial score (nSPS) is 10.5. The van der Waals surface area contributed by atoms with E-state index in [9.17, 15) is 13.6 Å². The second kappa shape index (κ2) is 5.74.